The molecule has 0 aliphatic rings. The van der Waals surface area contributed by atoms with Gasteiger partial charge in [-0.25, -0.2) is 4.79 Å². The molecule has 3 aromatic rings. The van der Waals surface area contributed by atoms with Gasteiger partial charge < -0.3 is 19.5 Å². The van der Waals surface area contributed by atoms with Crippen LogP contribution in [0, 0.1) is 0 Å². The topological polar surface area (TPSA) is 80.5 Å². The van der Waals surface area contributed by atoms with E-state index in [1.165, 1.54) is 0 Å². The molecular weight excluding hydrogens is 368 g/mol. The number of amides is 2. The van der Waals surface area contributed by atoms with Crippen LogP contribution < -0.4 is 10.1 Å². The highest BCUT2D eigenvalue weighted by atomic mass is 35.5. The van der Waals surface area contributed by atoms with Gasteiger partial charge in [0.05, 0.1) is 17.7 Å². The standard InChI is InChI=1S/C19H19ClN4O3/c1-24(19(25)21-13-6-5-7-14(12-13)26-2)11-10-17-22-18(27-23-17)15-8-3-4-9-16(15)20/h3-9,12H,10-11H2,1-2H3,(H,21,25). The maximum absolute atomic E-state index is 12.3. The number of likely N-dealkylation sites (N-methyl/N-ethyl adjacent to an activating group) is 1. The van der Waals surface area contributed by atoms with Crippen LogP contribution in [0.1, 0.15) is 5.82 Å². The molecule has 0 fully saturated rings. The van der Waals surface area contributed by atoms with Crippen molar-refractivity contribution in [3.8, 4) is 17.2 Å². The van der Waals surface area contributed by atoms with E-state index in [1.807, 2.05) is 30.3 Å². The Balaban J connectivity index is 1.56. The van der Waals surface area contributed by atoms with Crippen LogP contribution in [-0.2, 0) is 6.42 Å². The Morgan fingerprint density at radius 3 is 2.85 bits per heavy atom. The summed E-state index contributed by atoms with van der Waals surface area (Å²) in [6.45, 7) is 0.428. The number of carbonyl (C=O) groups excluding carboxylic acids is 1. The predicted octanol–water partition coefficient (Wildman–Crippen LogP) is 4.11. The Bertz CT molecular complexity index is 929. The Kier molecular flexibility index (Phi) is 5.93. The molecule has 0 bridgehead atoms. The smallest absolute Gasteiger partial charge is 0.321 e. The van der Waals surface area contributed by atoms with Gasteiger partial charge in [0.15, 0.2) is 5.82 Å². The van der Waals surface area contributed by atoms with Crippen molar-refractivity contribution in [3.63, 3.8) is 0 Å². The van der Waals surface area contributed by atoms with E-state index in [-0.39, 0.29) is 6.03 Å². The van der Waals surface area contributed by atoms with E-state index in [2.05, 4.69) is 15.5 Å². The van der Waals surface area contributed by atoms with Gasteiger partial charge in [-0.05, 0) is 24.3 Å². The number of urea groups is 1. The lowest BCUT2D eigenvalue weighted by Gasteiger charge is -2.17. The van der Waals surface area contributed by atoms with Crippen LogP contribution in [-0.4, -0.2) is 41.8 Å². The second-order valence-corrected chi connectivity index (χ2v) is 6.24. The number of rotatable bonds is 6. The highest BCUT2D eigenvalue weighted by molar-refractivity contribution is 6.33. The number of benzene rings is 2. The van der Waals surface area contributed by atoms with Crippen LogP contribution in [0.4, 0.5) is 10.5 Å². The van der Waals surface area contributed by atoms with Gasteiger partial charge in [-0.15, -0.1) is 0 Å². The number of anilines is 1. The van der Waals surface area contributed by atoms with E-state index < -0.39 is 0 Å². The minimum absolute atomic E-state index is 0.238. The highest BCUT2D eigenvalue weighted by Gasteiger charge is 2.14. The van der Waals surface area contributed by atoms with Crippen molar-refractivity contribution < 1.29 is 14.1 Å². The molecule has 2 amide bonds. The number of nitrogens with one attached hydrogen (secondary N) is 1. The van der Waals surface area contributed by atoms with Gasteiger partial charge in [-0.1, -0.05) is 35.0 Å². The summed E-state index contributed by atoms with van der Waals surface area (Å²) in [5.41, 5.74) is 1.34. The molecule has 140 valence electrons. The fraction of sp³-hybridized carbons (Fsp3) is 0.211. The summed E-state index contributed by atoms with van der Waals surface area (Å²) in [6.07, 6.45) is 0.454. The van der Waals surface area contributed by atoms with Crippen LogP contribution in [0.5, 0.6) is 5.75 Å². The number of hydrogen-bond donors (Lipinski definition) is 1. The second kappa shape index (κ2) is 8.55. The summed E-state index contributed by atoms with van der Waals surface area (Å²) in [5.74, 6) is 1.54. The van der Waals surface area contributed by atoms with Gasteiger partial charge in [0.1, 0.15) is 5.75 Å². The van der Waals surface area contributed by atoms with Crippen LogP contribution in [0.2, 0.25) is 5.02 Å². The van der Waals surface area contributed by atoms with Gasteiger partial charge in [0.2, 0.25) is 0 Å². The number of hydrogen-bond acceptors (Lipinski definition) is 5. The molecule has 0 aliphatic heterocycles. The minimum Gasteiger partial charge on any atom is -0.497 e. The summed E-state index contributed by atoms with van der Waals surface area (Å²) >= 11 is 6.14. The molecule has 0 aliphatic carbocycles. The molecule has 2 aromatic carbocycles. The maximum Gasteiger partial charge on any atom is 0.321 e. The number of ether oxygens (including phenoxy) is 1. The van der Waals surface area contributed by atoms with Crippen molar-refractivity contribution in [2.24, 2.45) is 0 Å². The van der Waals surface area contributed by atoms with Gasteiger partial charge >= 0.3 is 6.03 Å². The third-order valence-corrected chi connectivity index (χ3v) is 4.24. The molecule has 0 radical (unpaired) electrons. The summed E-state index contributed by atoms with van der Waals surface area (Å²) < 4.78 is 10.4. The van der Waals surface area contributed by atoms with Crippen LogP contribution in [0.3, 0.4) is 0 Å². The minimum atomic E-state index is -0.238. The third-order valence-electron chi connectivity index (χ3n) is 3.91. The molecule has 0 spiro atoms. The first kappa shape index (κ1) is 18.7. The summed E-state index contributed by atoms with van der Waals surface area (Å²) in [5, 5.41) is 7.31. The zero-order valence-corrected chi connectivity index (χ0v) is 15.7. The van der Waals surface area contributed by atoms with E-state index in [1.54, 1.807) is 37.3 Å². The number of aromatic nitrogens is 2. The lowest BCUT2D eigenvalue weighted by Crippen LogP contribution is -2.33. The molecule has 0 atom stereocenters. The quantitative estimate of drug-likeness (QED) is 0.689. The normalized spacial score (nSPS) is 10.5. The lowest BCUT2D eigenvalue weighted by atomic mass is 10.2. The zero-order valence-electron chi connectivity index (χ0n) is 15.0. The molecule has 27 heavy (non-hydrogen) atoms. The van der Waals surface area contributed by atoms with E-state index in [0.717, 1.165) is 0 Å². The average molecular weight is 387 g/mol. The zero-order chi connectivity index (χ0) is 19.2. The van der Waals surface area contributed by atoms with Crippen LogP contribution in [0.15, 0.2) is 53.1 Å². The molecule has 1 aromatic heterocycles. The highest BCUT2D eigenvalue weighted by Crippen LogP contribution is 2.25. The summed E-state index contributed by atoms with van der Waals surface area (Å²) in [7, 11) is 3.28. The lowest BCUT2D eigenvalue weighted by molar-refractivity contribution is 0.222. The number of carbonyl (C=O) groups is 1. The Morgan fingerprint density at radius 2 is 2.07 bits per heavy atom. The Morgan fingerprint density at radius 1 is 1.26 bits per heavy atom. The van der Waals surface area contributed by atoms with Crippen molar-refractivity contribution in [1.29, 1.82) is 0 Å². The second-order valence-electron chi connectivity index (χ2n) is 5.83. The SMILES string of the molecule is COc1cccc(NC(=O)N(C)CCc2noc(-c3ccccc3Cl)n2)c1. The number of nitrogens with zero attached hydrogens (tertiary/aromatic N) is 3. The number of halogens is 1. The van der Waals surface area contributed by atoms with Crippen LogP contribution in [0.25, 0.3) is 11.5 Å². The molecule has 1 N–H and O–H groups in total. The maximum atomic E-state index is 12.3. The van der Waals surface area contributed by atoms with E-state index in [4.69, 9.17) is 20.9 Å². The molecule has 3 rings (SSSR count). The molecule has 7 nitrogen and oxygen atoms in total. The van der Waals surface area contributed by atoms with E-state index >= 15 is 0 Å². The van der Waals surface area contributed by atoms with Gasteiger partial charge in [0.25, 0.3) is 5.89 Å². The van der Waals surface area contributed by atoms with Crippen molar-refractivity contribution in [3.05, 3.63) is 59.4 Å². The van der Waals surface area contributed by atoms with Crippen molar-refractivity contribution in [2.75, 3.05) is 26.0 Å². The van der Waals surface area contributed by atoms with Crippen molar-refractivity contribution in [2.45, 2.75) is 6.42 Å². The first-order valence-electron chi connectivity index (χ1n) is 8.30. The third kappa shape index (κ3) is 4.77. The molecule has 0 saturated carbocycles. The van der Waals surface area contributed by atoms with Gasteiger partial charge in [0, 0.05) is 31.8 Å². The van der Waals surface area contributed by atoms with Gasteiger partial charge in [-0.3, -0.25) is 0 Å². The van der Waals surface area contributed by atoms with Crippen LogP contribution >= 0.6 is 11.6 Å². The molecule has 0 saturated heterocycles. The largest absolute Gasteiger partial charge is 0.497 e. The first-order chi connectivity index (χ1) is 13.1. The first-order valence-corrected chi connectivity index (χ1v) is 8.68. The number of methoxy groups -OCH3 is 1. The average Bonchev–Trinajstić information content (AvgIpc) is 3.15. The molecule has 1 heterocycles. The summed E-state index contributed by atoms with van der Waals surface area (Å²) in [6, 6.07) is 14.2. The Hall–Kier alpha value is -3.06. The van der Waals surface area contributed by atoms with Gasteiger partial charge in [-0.2, -0.15) is 4.98 Å². The fourth-order valence-electron chi connectivity index (χ4n) is 2.39. The van der Waals surface area contributed by atoms with Crippen molar-refractivity contribution in [1.82, 2.24) is 15.0 Å². The monoisotopic (exact) mass is 386 g/mol. The van der Waals surface area contributed by atoms with E-state index in [9.17, 15) is 4.79 Å². The summed E-state index contributed by atoms with van der Waals surface area (Å²) in [4.78, 5) is 18.2. The molecule has 0 unspecified atom stereocenters. The molecular formula is C19H19ClN4O3. The molecule has 8 heteroatoms. The van der Waals surface area contributed by atoms with E-state index in [0.29, 0.717) is 46.7 Å². The predicted molar refractivity (Wildman–Crippen MR) is 103 cm³/mol. The van der Waals surface area contributed by atoms with Crippen molar-refractivity contribution >= 4 is 23.3 Å². The Labute approximate surface area is 161 Å². The fourth-order valence-corrected chi connectivity index (χ4v) is 2.61.